The molecule has 0 spiro atoms. The predicted molar refractivity (Wildman–Crippen MR) is 108 cm³/mol. The summed E-state index contributed by atoms with van der Waals surface area (Å²) in [4.78, 5) is 0. The summed E-state index contributed by atoms with van der Waals surface area (Å²) in [6, 6.07) is 14.9. The molecule has 0 unspecified atom stereocenters. The van der Waals surface area contributed by atoms with Crippen LogP contribution in [0.25, 0.3) is 0 Å². The number of halogens is 1. The van der Waals surface area contributed by atoms with Crippen LogP contribution in [-0.4, -0.2) is 14.9 Å². The minimum absolute atomic E-state index is 0.237. The third kappa shape index (κ3) is 4.67. The van der Waals surface area contributed by atoms with Gasteiger partial charge in [0.15, 0.2) is 5.11 Å². The van der Waals surface area contributed by atoms with Crippen molar-refractivity contribution in [2.24, 2.45) is 0 Å². The summed E-state index contributed by atoms with van der Waals surface area (Å²) in [5.74, 6) is 0.258. The number of anilines is 2. The van der Waals surface area contributed by atoms with E-state index >= 15 is 0 Å². The van der Waals surface area contributed by atoms with Crippen molar-refractivity contribution in [3.05, 3.63) is 77.9 Å². The van der Waals surface area contributed by atoms with Crippen LogP contribution >= 0.6 is 12.2 Å². The SMILES string of the molecule is CC(C)c1ccc(NC(=S)Nc2cnn(Cc3ccccc3F)c2)cc1. The van der Waals surface area contributed by atoms with Gasteiger partial charge in [-0.1, -0.05) is 44.2 Å². The number of hydrogen-bond donors (Lipinski definition) is 2. The van der Waals surface area contributed by atoms with Crippen molar-refractivity contribution in [3.8, 4) is 0 Å². The fourth-order valence-electron chi connectivity index (χ4n) is 2.56. The normalized spacial score (nSPS) is 10.8. The topological polar surface area (TPSA) is 41.9 Å². The number of nitrogens with zero attached hydrogens (tertiary/aromatic N) is 2. The zero-order valence-electron chi connectivity index (χ0n) is 14.7. The molecule has 134 valence electrons. The minimum atomic E-state index is -0.237. The van der Waals surface area contributed by atoms with Gasteiger partial charge in [-0.15, -0.1) is 0 Å². The van der Waals surface area contributed by atoms with E-state index in [4.69, 9.17) is 12.2 Å². The lowest BCUT2D eigenvalue weighted by atomic mass is 10.0. The van der Waals surface area contributed by atoms with E-state index in [2.05, 4.69) is 41.7 Å². The Kier molecular flexibility index (Phi) is 5.63. The first-order chi connectivity index (χ1) is 12.5. The Hall–Kier alpha value is -2.73. The number of benzene rings is 2. The Morgan fingerprint density at radius 1 is 1.08 bits per heavy atom. The molecule has 2 aromatic carbocycles. The highest BCUT2D eigenvalue weighted by atomic mass is 32.1. The van der Waals surface area contributed by atoms with E-state index < -0.39 is 0 Å². The molecule has 0 aliphatic heterocycles. The van der Waals surface area contributed by atoms with Crippen LogP contribution in [0.5, 0.6) is 0 Å². The van der Waals surface area contributed by atoms with E-state index in [0.717, 1.165) is 11.4 Å². The first kappa shape index (κ1) is 18.1. The summed E-state index contributed by atoms with van der Waals surface area (Å²) >= 11 is 5.34. The Labute approximate surface area is 158 Å². The molecule has 0 amide bonds. The van der Waals surface area contributed by atoms with Crippen molar-refractivity contribution < 1.29 is 4.39 Å². The number of rotatable bonds is 5. The number of thiocarbonyl (C=S) groups is 1. The molecule has 3 aromatic rings. The van der Waals surface area contributed by atoms with E-state index in [0.29, 0.717) is 23.1 Å². The molecule has 0 bridgehead atoms. The highest BCUT2D eigenvalue weighted by Gasteiger charge is 2.06. The molecule has 0 fully saturated rings. The molecule has 0 radical (unpaired) electrons. The van der Waals surface area contributed by atoms with Gasteiger partial charge in [0.25, 0.3) is 0 Å². The second-order valence-electron chi connectivity index (χ2n) is 6.37. The average molecular weight is 368 g/mol. The van der Waals surface area contributed by atoms with Gasteiger partial charge in [0.05, 0.1) is 18.4 Å². The monoisotopic (exact) mass is 368 g/mol. The number of nitrogens with one attached hydrogen (secondary N) is 2. The van der Waals surface area contributed by atoms with Gasteiger partial charge in [0.2, 0.25) is 0 Å². The largest absolute Gasteiger partial charge is 0.332 e. The second kappa shape index (κ2) is 8.10. The predicted octanol–water partition coefficient (Wildman–Crippen LogP) is 5.00. The van der Waals surface area contributed by atoms with Gasteiger partial charge < -0.3 is 10.6 Å². The number of aromatic nitrogens is 2. The fourth-order valence-corrected chi connectivity index (χ4v) is 2.80. The van der Waals surface area contributed by atoms with E-state index in [1.807, 2.05) is 18.2 Å². The van der Waals surface area contributed by atoms with Gasteiger partial charge in [-0.2, -0.15) is 5.10 Å². The molecule has 0 aliphatic carbocycles. The third-order valence-corrected chi connectivity index (χ3v) is 4.22. The lowest BCUT2D eigenvalue weighted by molar-refractivity contribution is 0.585. The van der Waals surface area contributed by atoms with Crippen LogP contribution in [0.4, 0.5) is 15.8 Å². The van der Waals surface area contributed by atoms with Gasteiger partial charge in [0.1, 0.15) is 5.82 Å². The Bertz CT molecular complexity index is 887. The highest BCUT2D eigenvalue weighted by molar-refractivity contribution is 7.80. The van der Waals surface area contributed by atoms with Crippen molar-refractivity contribution in [3.63, 3.8) is 0 Å². The molecule has 6 heteroatoms. The smallest absolute Gasteiger partial charge is 0.175 e. The summed E-state index contributed by atoms with van der Waals surface area (Å²) in [5, 5.41) is 11.0. The summed E-state index contributed by atoms with van der Waals surface area (Å²) < 4.78 is 15.4. The van der Waals surface area contributed by atoms with Gasteiger partial charge in [-0.05, 0) is 41.9 Å². The molecular weight excluding hydrogens is 347 g/mol. The molecule has 0 saturated heterocycles. The molecule has 1 aromatic heterocycles. The Morgan fingerprint density at radius 3 is 2.46 bits per heavy atom. The average Bonchev–Trinajstić information content (AvgIpc) is 3.04. The molecule has 0 atom stereocenters. The van der Waals surface area contributed by atoms with Crippen molar-refractivity contribution in [1.29, 1.82) is 0 Å². The van der Waals surface area contributed by atoms with Crippen LogP contribution in [-0.2, 0) is 6.54 Å². The standard InChI is InChI=1S/C20H21FN4S/c1-14(2)15-7-9-17(10-8-15)23-20(26)24-18-11-22-25(13-18)12-16-5-3-4-6-19(16)21/h3-11,13-14H,12H2,1-2H3,(H2,23,24,26). The van der Waals surface area contributed by atoms with Crippen molar-refractivity contribution in [2.75, 3.05) is 10.6 Å². The molecular formula is C20H21FN4S. The molecule has 2 N–H and O–H groups in total. The molecule has 0 aliphatic rings. The van der Waals surface area contributed by atoms with E-state index in [9.17, 15) is 4.39 Å². The summed E-state index contributed by atoms with van der Waals surface area (Å²) in [7, 11) is 0. The third-order valence-electron chi connectivity index (χ3n) is 4.02. The van der Waals surface area contributed by atoms with Crippen LogP contribution < -0.4 is 10.6 Å². The quantitative estimate of drug-likeness (QED) is 0.622. The first-order valence-corrected chi connectivity index (χ1v) is 8.86. The molecule has 1 heterocycles. The zero-order valence-corrected chi connectivity index (χ0v) is 15.6. The lowest BCUT2D eigenvalue weighted by Gasteiger charge is -2.10. The van der Waals surface area contributed by atoms with Crippen molar-refractivity contribution in [2.45, 2.75) is 26.3 Å². The summed E-state index contributed by atoms with van der Waals surface area (Å²) in [6.45, 7) is 4.69. The van der Waals surface area contributed by atoms with E-state index in [1.165, 1.54) is 11.6 Å². The molecule has 4 nitrogen and oxygen atoms in total. The number of hydrogen-bond acceptors (Lipinski definition) is 2. The van der Waals surface area contributed by atoms with Crippen molar-refractivity contribution in [1.82, 2.24) is 9.78 Å². The van der Waals surface area contributed by atoms with Crippen LogP contribution in [0, 0.1) is 5.82 Å². The molecule has 26 heavy (non-hydrogen) atoms. The first-order valence-electron chi connectivity index (χ1n) is 8.45. The van der Waals surface area contributed by atoms with Gasteiger partial charge in [0, 0.05) is 17.4 Å². The summed E-state index contributed by atoms with van der Waals surface area (Å²) in [5.41, 5.74) is 3.54. The summed E-state index contributed by atoms with van der Waals surface area (Å²) in [6.07, 6.45) is 3.46. The maximum Gasteiger partial charge on any atom is 0.175 e. The maximum absolute atomic E-state index is 13.7. The van der Waals surface area contributed by atoms with E-state index in [1.54, 1.807) is 29.2 Å². The highest BCUT2D eigenvalue weighted by Crippen LogP contribution is 2.17. The molecule has 0 saturated carbocycles. The fraction of sp³-hybridized carbons (Fsp3) is 0.200. The zero-order chi connectivity index (χ0) is 18.5. The minimum Gasteiger partial charge on any atom is -0.332 e. The maximum atomic E-state index is 13.7. The Balaban J connectivity index is 1.58. The van der Waals surface area contributed by atoms with Gasteiger partial charge in [-0.25, -0.2) is 4.39 Å². The van der Waals surface area contributed by atoms with Crippen LogP contribution in [0.2, 0.25) is 0 Å². The van der Waals surface area contributed by atoms with E-state index in [-0.39, 0.29) is 5.82 Å². The van der Waals surface area contributed by atoms with Gasteiger partial charge in [-0.3, -0.25) is 4.68 Å². The van der Waals surface area contributed by atoms with Crippen LogP contribution in [0.3, 0.4) is 0 Å². The van der Waals surface area contributed by atoms with Crippen LogP contribution in [0.15, 0.2) is 60.9 Å². The second-order valence-corrected chi connectivity index (χ2v) is 6.78. The lowest BCUT2D eigenvalue weighted by Crippen LogP contribution is -2.18. The van der Waals surface area contributed by atoms with Crippen molar-refractivity contribution >= 4 is 28.7 Å². The molecule has 3 rings (SSSR count). The van der Waals surface area contributed by atoms with Gasteiger partial charge >= 0.3 is 0 Å². The van der Waals surface area contributed by atoms with Crippen LogP contribution in [0.1, 0.15) is 30.9 Å². The Morgan fingerprint density at radius 2 is 1.77 bits per heavy atom.